The summed E-state index contributed by atoms with van der Waals surface area (Å²) < 4.78 is 13.2. The first-order valence-electron chi connectivity index (χ1n) is 6.03. The minimum absolute atomic E-state index is 0.0607. The van der Waals surface area contributed by atoms with Crippen LogP contribution >= 0.6 is 11.6 Å². The molecule has 0 aromatic heterocycles. The quantitative estimate of drug-likeness (QED) is 0.885. The van der Waals surface area contributed by atoms with Gasteiger partial charge in [-0.2, -0.15) is 0 Å². The molecule has 100 valence electrons. The lowest BCUT2D eigenvalue weighted by molar-refractivity contribution is 0.431. The maximum absolute atomic E-state index is 13.2. The summed E-state index contributed by atoms with van der Waals surface area (Å²) in [5, 5.41) is 13.1. The van der Waals surface area contributed by atoms with Crippen LogP contribution in [0.25, 0.3) is 0 Å². The van der Waals surface area contributed by atoms with E-state index in [1.807, 2.05) is 31.2 Å². The molecule has 19 heavy (non-hydrogen) atoms. The van der Waals surface area contributed by atoms with E-state index in [0.717, 1.165) is 11.1 Å². The molecular weight excluding hydrogens is 265 g/mol. The van der Waals surface area contributed by atoms with Crippen LogP contribution < -0.4 is 5.32 Å². The van der Waals surface area contributed by atoms with Crippen molar-refractivity contribution in [3.05, 3.63) is 64.4 Å². The Labute approximate surface area is 116 Å². The molecule has 0 spiro atoms. The van der Waals surface area contributed by atoms with Gasteiger partial charge in [-0.3, -0.25) is 0 Å². The van der Waals surface area contributed by atoms with Gasteiger partial charge in [0, 0.05) is 17.6 Å². The molecule has 2 aromatic rings. The van der Waals surface area contributed by atoms with E-state index in [9.17, 15) is 4.39 Å². The SMILES string of the molecule is C[C@H](NCc1ccc(O)c(F)c1)c1ccccc1Cl. The summed E-state index contributed by atoms with van der Waals surface area (Å²) in [5.41, 5.74) is 1.78. The Morgan fingerprint density at radius 3 is 2.68 bits per heavy atom. The minimum Gasteiger partial charge on any atom is -0.505 e. The van der Waals surface area contributed by atoms with Gasteiger partial charge < -0.3 is 10.4 Å². The van der Waals surface area contributed by atoms with Gasteiger partial charge in [0.2, 0.25) is 0 Å². The Kier molecular flexibility index (Phi) is 4.40. The molecule has 0 aliphatic heterocycles. The Balaban J connectivity index is 2.02. The normalized spacial score (nSPS) is 12.4. The third-order valence-corrected chi connectivity index (χ3v) is 3.34. The molecule has 0 radical (unpaired) electrons. The largest absolute Gasteiger partial charge is 0.505 e. The topological polar surface area (TPSA) is 32.3 Å². The van der Waals surface area contributed by atoms with Gasteiger partial charge in [0.05, 0.1) is 0 Å². The molecule has 1 atom stereocenters. The zero-order valence-electron chi connectivity index (χ0n) is 10.5. The Morgan fingerprint density at radius 1 is 1.26 bits per heavy atom. The molecule has 0 unspecified atom stereocenters. The molecule has 0 saturated heterocycles. The van der Waals surface area contributed by atoms with E-state index in [1.165, 1.54) is 12.1 Å². The number of phenolic OH excluding ortho intramolecular Hbond substituents is 1. The zero-order chi connectivity index (χ0) is 13.8. The number of nitrogens with one attached hydrogen (secondary N) is 1. The molecule has 0 saturated carbocycles. The number of hydrogen-bond acceptors (Lipinski definition) is 2. The zero-order valence-corrected chi connectivity index (χ0v) is 11.3. The van der Waals surface area contributed by atoms with E-state index in [-0.39, 0.29) is 11.8 Å². The van der Waals surface area contributed by atoms with Crippen LogP contribution in [-0.2, 0) is 6.54 Å². The van der Waals surface area contributed by atoms with Crippen molar-refractivity contribution in [1.29, 1.82) is 0 Å². The van der Waals surface area contributed by atoms with Crippen molar-refractivity contribution in [2.75, 3.05) is 0 Å². The number of benzene rings is 2. The fraction of sp³-hybridized carbons (Fsp3) is 0.200. The van der Waals surface area contributed by atoms with Crippen molar-refractivity contribution >= 4 is 11.6 Å². The molecule has 0 bridgehead atoms. The van der Waals surface area contributed by atoms with Crippen LogP contribution in [-0.4, -0.2) is 5.11 Å². The standard InChI is InChI=1S/C15H15ClFNO/c1-10(12-4-2-3-5-13(12)16)18-9-11-6-7-15(19)14(17)8-11/h2-8,10,18-19H,9H2,1H3/t10-/m0/s1. The predicted octanol–water partition coefficient (Wildman–Crippen LogP) is 4.04. The van der Waals surface area contributed by atoms with E-state index >= 15 is 0 Å². The summed E-state index contributed by atoms with van der Waals surface area (Å²) in [6, 6.07) is 12.0. The molecule has 0 amide bonds. The summed E-state index contributed by atoms with van der Waals surface area (Å²) in [4.78, 5) is 0. The maximum Gasteiger partial charge on any atom is 0.165 e. The Bertz CT molecular complexity index is 574. The van der Waals surface area contributed by atoms with E-state index in [0.29, 0.717) is 11.6 Å². The van der Waals surface area contributed by atoms with Crippen LogP contribution in [0.4, 0.5) is 4.39 Å². The second-order valence-corrected chi connectivity index (χ2v) is 4.82. The van der Waals surface area contributed by atoms with Crippen molar-refractivity contribution in [2.45, 2.75) is 19.5 Å². The highest BCUT2D eigenvalue weighted by Crippen LogP contribution is 2.23. The third-order valence-electron chi connectivity index (χ3n) is 3.00. The first-order valence-corrected chi connectivity index (χ1v) is 6.41. The van der Waals surface area contributed by atoms with E-state index < -0.39 is 5.82 Å². The lowest BCUT2D eigenvalue weighted by atomic mass is 10.1. The molecule has 0 heterocycles. The number of rotatable bonds is 4. The second-order valence-electron chi connectivity index (χ2n) is 4.41. The van der Waals surface area contributed by atoms with E-state index in [1.54, 1.807) is 6.07 Å². The summed E-state index contributed by atoms with van der Waals surface area (Å²) in [5.74, 6) is -0.937. The molecular formula is C15H15ClFNO. The van der Waals surface area contributed by atoms with Crippen LogP contribution in [0, 0.1) is 5.82 Å². The van der Waals surface area contributed by atoms with Crippen LogP contribution in [0.15, 0.2) is 42.5 Å². The summed E-state index contributed by atoms with van der Waals surface area (Å²) in [6.07, 6.45) is 0. The van der Waals surface area contributed by atoms with Crippen molar-refractivity contribution in [3.8, 4) is 5.75 Å². The Morgan fingerprint density at radius 2 is 2.00 bits per heavy atom. The fourth-order valence-corrected chi connectivity index (χ4v) is 2.17. The first kappa shape index (κ1) is 13.8. The first-order chi connectivity index (χ1) is 9.08. The van der Waals surface area contributed by atoms with Gasteiger partial charge in [0.15, 0.2) is 11.6 Å². The number of halogens is 2. The minimum atomic E-state index is -0.607. The molecule has 2 aromatic carbocycles. The summed E-state index contributed by atoms with van der Waals surface area (Å²) >= 11 is 6.11. The highest BCUT2D eigenvalue weighted by Gasteiger charge is 2.09. The lowest BCUT2D eigenvalue weighted by Crippen LogP contribution is -2.18. The molecule has 4 heteroatoms. The smallest absolute Gasteiger partial charge is 0.165 e. The highest BCUT2D eigenvalue weighted by atomic mass is 35.5. The molecule has 0 aliphatic rings. The van der Waals surface area contributed by atoms with Crippen LogP contribution in [0.3, 0.4) is 0 Å². The lowest BCUT2D eigenvalue weighted by Gasteiger charge is -2.15. The average molecular weight is 280 g/mol. The van der Waals surface area contributed by atoms with Crippen LogP contribution in [0.1, 0.15) is 24.1 Å². The van der Waals surface area contributed by atoms with Gasteiger partial charge in [-0.05, 0) is 36.2 Å². The highest BCUT2D eigenvalue weighted by molar-refractivity contribution is 6.31. The predicted molar refractivity (Wildman–Crippen MR) is 74.8 cm³/mol. The van der Waals surface area contributed by atoms with Gasteiger partial charge >= 0.3 is 0 Å². The molecule has 0 fully saturated rings. The van der Waals surface area contributed by atoms with Gasteiger partial charge in [-0.25, -0.2) is 4.39 Å². The van der Waals surface area contributed by atoms with Gasteiger partial charge in [-0.1, -0.05) is 35.9 Å². The number of phenols is 1. The average Bonchev–Trinajstić information content (AvgIpc) is 2.40. The van der Waals surface area contributed by atoms with Crippen LogP contribution in [0.2, 0.25) is 5.02 Å². The van der Waals surface area contributed by atoms with Crippen LogP contribution in [0.5, 0.6) is 5.75 Å². The van der Waals surface area contributed by atoms with Gasteiger partial charge in [0.1, 0.15) is 0 Å². The monoisotopic (exact) mass is 279 g/mol. The van der Waals surface area contributed by atoms with Gasteiger partial charge in [-0.15, -0.1) is 0 Å². The van der Waals surface area contributed by atoms with Crippen molar-refractivity contribution < 1.29 is 9.50 Å². The summed E-state index contributed by atoms with van der Waals surface area (Å²) in [6.45, 7) is 2.50. The van der Waals surface area contributed by atoms with E-state index in [2.05, 4.69) is 5.32 Å². The van der Waals surface area contributed by atoms with Crippen molar-refractivity contribution in [3.63, 3.8) is 0 Å². The maximum atomic E-state index is 13.2. The molecule has 0 aliphatic carbocycles. The van der Waals surface area contributed by atoms with Crippen molar-refractivity contribution in [2.24, 2.45) is 0 Å². The number of aromatic hydroxyl groups is 1. The molecule has 2 N–H and O–H groups in total. The molecule has 2 rings (SSSR count). The molecule has 2 nitrogen and oxygen atoms in total. The second kappa shape index (κ2) is 6.04. The third kappa shape index (κ3) is 3.46. The number of hydrogen-bond donors (Lipinski definition) is 2. The Hall–Kier alpha value is -1.58. The fourth-order valence-electron chi connectivity index (χ4n) is 1.87. The van der Waals surface area contributed by atoms with E-state index in [4.69, 9.17) is 16.7 Å². The van der Waals surface area contributed by atoms with Crippen molar-refractivity contribution in [1.82, 2.24) is 5.32 Å². The summed E-state index contributed by atoms with van der Waals surface area (Å²) in [7, 11) is 0. The van der Waals surface area contributed by atoms with Gasteiger partial charge in [0.25, 0.3) is 0 Å².